The largest absolute Gasteiger partial charge is 0.494 e. The van der Waals surface area contributed by atoms with Gasteiger partial charge in [0, 0.05) is 32.7 Å². The van der Waals surface area contributed by atoms with Gasteiger partial charge in [0.2, 0.25) is 0 Å². The van der Waals surface area contributed by atoms with Crippen LogP contribution in [0.2, 0.25) is 0 Å². The number of carbonyl (C=O) groups excluding carboxylic acids is 1. The summed E-state index contributed by atoms with van der Waals surface area (Å²) >= 11 is 1.49. The van der Waals surface area contributed by atoms with E-state index in [1.54, 1.807) is 0 Å². The number of ether oxygens (including phenoxy) is 1. The minimum atomic E-state index is -0.140. The van der Waals surface area contributed by atoms with E-state index in [-0.39, 0.29) is 5.91 Å². The van der Waals surface area contributed by atoms with Crippen LogP contribution in [0.1, 0.15) is 50.2 Å². The van der Waals surface area contributed by atoms with E-state index in [4.69, 9.17) is 4.74 Å². The highest BCUT2D eigenvalue weighted by Gasteiger charge is 2.28. The molecule has 2 aromatic rings. The highest BCUT2D eigenvalue weighted by Crippen LogP contribution is 2.31. The lowest BCUT2D eigenvalue weighted by atomic mass is 10.2. The van der Waals surface area contributed by atoms with Crippen LogP contribution in [-0.4, -0.2) is 53.7 Å². The van der Waals surface area contributed by atoms with Gasteiger partial charge in [-0.05, 0) is 47.5 Å². The molecule has 0 atom stereocenters. The number of benzene rings is 2. The van der Waals surface area contributed by atoms with E-state index in [2.05, 4.69) is 52.0 Å². The van der Waals surface area contributed by atoms with Crippen LogP contribution < -0.4 is 4.74 Å². The summed E-state index contributed by atoms with van der Waals surface area (Å²) in [7, 11) is 0. The minimum absolute atomic E-state index is 0.140. The summed E-state index contributed by atoms with van der Waals surface area (Å²) in [6.45, 7) is 7.69. The quantitative estimate of drug-likeness (QED) is 0.318. The molecule has 180 valence electrons. The fourth-order valence-corrected chi connectivity index (χ4v) is 5.14. The number of unbranched alkanes of at least 4 members (excludes halogenated alkanes) is 4. The maximum atomic E-state index is 12.5. The van der Waals surface area contributed by atoms with E-state index in [0.29, 0.717) is 4.91 Å². The summed E-state index contributed by atoms with van der Waals surface area (Å²) in [6, 6.07) is 18.6. The summed E-state index contributed by atoms with van der Waals surface area (Å²) in [5, 5.41) is 0.832. The number of amidine groups is 1. The topological polar surface area (TPSA) is 45.1 Å². The predicted molar refractivity (Wildman–Crippen MR) is 142 cm³/mol. The third-order valence-corrected chi connectivity index (χ3v) is 7.24. The summed E-state index contributed by atoms with van der Waals surface area (Å²) in [4.78, 5) is 22.2. The molecule has 1 amide bonds. The van der Waals surface area contributed by atoms with Crippen LogP contribution >= 0.6 is 11.8 Å². The molecule has 6 heteroatoms. The van der Waals surface area contributed by atoms with E-state index >= 15 is 0 Å². The Morgan fingerprint density at radius 1 is 0.941 bits per heavy atom. The summed E-state index contributed by atoms with van der Waals surface area (Å²) in [6.07, 6.45) is 8.10. The molecule has 2 heterocycles. The number of piperazine rings is 1. The van der Waals surface area contributed by atoms with E-state index in [1.807, 2.05) is 30.3 Å². The molecule has 34 heavy (non-hydrogen) atoms. The van der Waals surface area contributed by atoms with Crippen LogP contribution in [0.25, 0.3) is 6.08 Å². The second kappa shape index (κ2) is 12.8. The van der Waals surface area contributed by atoms with Crippen LogP contribution in [0.15, 0.2) is 64.5 Å². The van der Waals surface area contributed by atoms with Gasteiger partial charge in [-0.15, -0.1) is 0 Å². The average Bonchev–Trinajstić information content (AvgIpc) is 3.23. The van der Waals surface area contributed by atoms with Crippen LogP contribution in [0.5, 0.6) is 5.75 Å². The van der Waals surface area contributed by atoms with Gasteiger partial charge in [0.15, 0.2) is 5.17 Å². The molecule has 2 aliphatic rings. The van der Waals surface area contributed by atoms with E-state index < -0.39 is 0 Å². The Labute approximate surface area is 207 Å². The Bertz CT molecular complexity index is 980. The molecular weight excluding hydrogens is 442 g/mol. The first-order valence-electron chi connectivity index (χ1n) is 12.5. The molecule has 2 aliphatic heterocycles. The Morgan fingerprint density at radius 3 is 2.41 bits per heavy atom. The zero-order valence-electron chi connectivity index (χ0n) is 20.1. The molecule has 4 rings (SSSR count). The summed E-state index contributed by atoms with van der Waals surface area (Å²) in [5.41, 5.74) is 2.34. The molecule has 2 aromatic carbocycles. The van der Waals surface area contributed by atoms with E-state index in [1.165, 1.54) is 43.0 Å². The van der Waals surface area contributed by atoms with Crippen molar-refractivity contribution in [3.05, 3.63) is 70.6 Å². The average molecular weight is 478 g/mol. The summed E-state index contributed by atoms with van der Waals surface area (Å²) in [5.74, 6) is 0.743. The van der Waals surface area contributed by atoms with Crippen LogP contribution in [0, 0.1) is 0 Å². The highest BCUT2D eigenvalue weighted by molar-refractivity contribution is 8.18. The monoisotopic (exact) mass is 477 g/mol. The Hall–Kier alpha value is -2.57. The number of carbonyl (C=O) groups is 1. The second-order valence-corrected chi connectivity index (χ2v) is 9.90. The molecule has 1 saturated heterocycles. The van der Waals surface area contributed by atoms with Gasteiger partial charge < -0.3 is 9.64 Å². The molecule has 0 radical (unpaired) electrons. The molecule has 0 spiro atoms. The van der Waals surface area contributed by atoms with Crippen molar-refractivity contribution < 1.29 is 9.53 Å². The third kappa shape index (κ3) is 7.21. The normalized spacial score (nSPS) is 17.9. The van der Waals surface area contributed by atoms with Crippen molar-refractivity contribution in [2.75, 3.05) is 32.8 Å². The molecule has 5 nitrogen and oxygen atoms in total. The third-order valence-electron chi connectivity index (χ3n) is 6.20. The van der Waals surface area contributed by atoms with Crippen molar-refractivity contribution in [3.63, 3.8) is 0 Å². The zero-order chi connectivity index (χ0) is 23.6. The first kappa shape index (κ1) is 24.6. The van der Waals surface area contributed by atoms with Crippen LogP contribution in [0.3, 0.4) is 0 Å². The molecule has 0 aliphatic carbocycles. The molecule has 1 fully saturated rings. The van der Waals surface area contributed by atoms with Gasteiger partial charge in [-0.1, -0.05) is 75.1 Å². The first-order valence-corrected chi connectivity index (χ1v) is 13.3. The molecule has 0 aromatic heterocycles. The van der Waals surface area contributed by atoms with Gasteiger partial charge in [0.1, 0.15) is 5.75 Å². The molecule has 0 N–H and O–H groups in total. The van der Waals surface area contributed by atoms with Gasteiger partial charge in [0.05, 0.1) is 11.5 Å². The maximum Gasteiger partial charge on any atom is 0.286 e. The number of thioether (sulfide) groups is 1. The van der Waals surface area contributed by atoms with Gasteiger partial charge in [-0.3, -0.25) is 9.69 Å². The van der Waals surface area contributed by atoms with Crippen LogP contribution in [0.4, 0.5) is 0 Å². The van der Waals surface area contributed by atoms with Crippen molar-refractivity contribution in [1.29, 1.82) is 0 Å². The van der Waals surface area contributed by atoms with Crippen molar-refractivity contribution in [2.24, 2.45) is 4.99 Å². The lowest BCUT2D eigenvalue weighted by Crippen LogP contribution is -2.47. The van der Waals surface area contributed by atoms with Gasteiger partial charge in [-0.25, -0.2) is 0 Å². The Kier molecular flexibility index (Phi) is 9.22. The molecular formula is C28H35N3O2S. The molecule has 0 bridgehead atoms. The fourth-order valence-electron chi connectivity index (χ4n) is 4.18. The van der Waals surface area contributed by atoms with Gasteiger partial charge >= 0.3 is 0 Å². The lowest BCUT2D eigenvalue weighted by Gasteiger charge is -2.35. The summed E-state index contributed by atoms with van der Waals surface area (Å²) < 4.78 is 5.85. The number of hydrogen-bond acceptors (Lipinski definition) is 5. The number of hydrogen-bond donors (Lipinski definition) is 0. The van der Waals surface area contributed by atoms with E-state index in [9.17, 15) is 4.79 Å². The smallest absolute Gasteiger partial charge is 0.286 e. The van der Waals surface area contributed by atoms with E-state index in [0.717, 1.165) is 62.2 Å². The first-order chi connectivity index (χ1) is 16.7. The van der Waals surface area contributed by atoms with Crippen molar-refractivity contribution in [1.82, 2.24) is 9.80 Å². The second-order valence-electron chi connectivity index (χ2n) is 8.89. The number of aliphatic imine (C=N–C) groups is 1. The lowest BCUT2D eigenvalue weighted by molar-refractivity contribution is -0.113. The number of nitrogens with zero attached hydrogens (tertiary/aromatic N) is 3. The Balaban J connectivity index is 1.23. The molecule has 0 saturated carbocycles. The SMILES string of the molecule is CCCCCCCOc1ccc(/C=C2\SC(N3CCN(Cc4ccccc4)CC3)=NC2=O)cc1. The standard InChI is InChI=1S/C28H35N3O2S/c1-2-3-4-5-9-20-33-25-14-12-23(13-15-25)21-26-27(32)29-28(34-26)31-18-16-30(17-19-31)22-24-10-7-6-8-11-24/h6-8,10-15,21H,2-5,9,16-20,22H2,1H3/b26-21-. The fraction of sp³-hybridized carbons (Fsp3) is 0.429. The predicted octanol–water partition coefficient (Wildman–Crippen LogP) is 5.82. The van der Waals surface area contributed by atoms with Gasteiger partial charge in [0.25, 0.3) is 5.91 Å². The van der Waals surface area contributed by atoms with Crippen LogP contribution in [-0.2, 0) is 11.3 Å². The Morgan fingerprint density at radius 2 is 1.68 bits per heavy atom. The number of rotatable bonds is 10. The zero-order valence-corrected chi connectivity index (χ0v) is 20.9. The van der Waals surface area contributed by atoms with Crippen molar-refractivity contribution in [3.8, 4) is 5.75 Å². The highest BCUT2D eigenvalue weighted by atomic mass is 32.2. The maximum absolute atomic E-state index is 12.5. The van der Waals surface area contributed by atoms with Crippen molar-refractivity contribution >= 4 is 28.9 Å². The minimum Gasteiger partial charge on any atom is -0.494 e. The number of amides is 1. The molecule has 0 unspecified atom stereocenters. The van der Waals surface area contributed by atoms with Gasteiger partial charge in [-0.2, -0.15) is 4.99 Å². The van der Waals surface area contributed by atoms with Crippen molar-refractivity contribution in [2.45, 2.75) is 45.6 Å².